The molecule has 130 valence electrons. The van der Waals surface area contributed by atoms with Crippen molar-refractivity contribution < 1.29 is 4.79 Å². The Bertz CT molecular complexity index is 1190. The van der Waals surface area contributed by atoms with Gasteiger partial charge >= 0.3 is 0 Å². The molecule has 2 heterocycles. The highest BCUT2D eigenvalue weighted by Crippen LogP contribution is 2.16. The Morgan fingerprint density at radius 2 is 1.88 bits per heavy atom. The van der Waals surface area contributed by atoms with Crippen LogP contribution >= 0.6 is 11.6 Å². The number of nitrogens with zero attached hydrogens (tertiary/aromatic N) is 3. The lowest BCUT2D eigenvalue weighted by Gasteiger charge is -2.12. The molecule has 6 nitrogen and oxygen atoms in total. The van der Waals surface area contributed by atoms with Gasteiger partial charge < -0.3 is 9.88 Å². The third-order valence-corrected chi connectivity index (χ3v) is 4.44. The largest absolute Gasteiger partial charge is 0.325 e. The van der Waals surface area contributed by atoms with Gasteiger partial charge in [0.2, 0.25) is 11.7 Å². The van der Waals surface area contributed by atoms with Gasteiger partial charge in [-0.1, -0.05) is 23.7 Å². The number of hydrogen-bond acceptors (Lipinski definition) is 3. The van der Waals surface area contributed by atoms with Gasteiger partial charge in [-0.05, 0) is 43.3 Å². The molecule has 2 aromatic heterocycles. The van der Waals surface area contributed by atoms with E-state index in [1.54, 1.807) is 35.8 Å². The third-order valence-electron chi connectivity index (χ3n) is 4.19. The van der Waals surface area contributed by atoms with Crippen molar-refractivity contribution in [3.05, 3.63) is 75.7 Å². The molecule has 0 fully saturated rings. The van der Waals surface area contributed by atoms with E-state index in [4.69, 9.17) is 11.6 Å². The summed E-state index contributed by atoms with van der Waals surface area (Å²) in [7, 11) is 0. The van der Waals surface area contributed by atoms with Gasteiger partial charge in [-0.2, -0.15) is 0 Å². The fourth-order valence-electron chi connectivity index (χ4n) is 2.96. The van der Waals surface area contributed by atoms with Gasteiger partial charge in [0, 0.05) is 22.5 Å². The van der Waals surface area contributed by atoms with Crippen LogP contribution in [0.15, 0.2) is 59.4 Å². The van der Waals surface area contributed by atoms with Gasteiger partial charge in [-0.25, -0.2) is 9.38 Å². The van der Waals surface area contributed by atoms with Crippen LogP contribution in [0.1, 0.15) is 5.69 Å². The Kier molecular flexibility index (Phi) is 3.97. The van der Waals surface area contributed by atoms with Gasteiger partial charge in [0.25, 0.3) is 5.56 Å². The second-order valence-corrected chi connectivity index (χ2v) is 6.44. The quantitative estimate of drug-likeness (QED) is 0.605. The Labute approximate surface area is 153 Å². The molecule has 0 aliphatic rings. The molecule has 1 N–H and O–H groups in total. The highest BCUT2D eigenvalue weighted by molar-refractivity contribution is 6.30. The summed E-state index contributed by atoms with van der Waals surface area (Å²) in [5.41, 5.74) is 2.59. The molecule has 0 aliphatic carbocycles. The average molecular weight is 367 g/mol. The Hall–Kier alpha value is -3.12. The number of hydrogen-bond donors (Lipinski definition) is 1. The summed E-state index contributed by atoms with van der Waals surface area (Å²) in [5, 5.41) is 3.43. The fourth-order valence-corrected chi connectivity index (χ4v) is 3.09. The van der Waals surface area contributed by atoms with Crippen molar-refractivity contribution in [2.75, 3.05) is 5.32 Å². The van der Waals surface area contributed by atoms with Crippen LogP contribution < -0.4 is 10.9 Å². The predicted molar refractivity (Wildman–Crippen MR) is 102 cm³/mol. The summed E-state index contributed by atoms with van der Waals surface area (Å²) >= 11 is 5.86. The first-order valence-electron chi connectivity index (χ1n) is 8.06. The monoisotopic (exact) mass is 366 g/mol. The minimum absolute atomic E-state index is 0.0432. The molecule has 0 radical (unpaired) electrons. The van der Waals surface area contributed by atoms with E-state index in [-0.39, 0.29) is 18.0 Å². The molecule has 4 rings (SSSR count). The molecule has 26 heavy (non-hydrogen) atoms. The summed E-state index contributed by atoms with van der Waals surface area (Å²) in [5.74, 6) is 0.232. The van der Waals surface area contributed by atoms with Crippen molar-refractivity contribution >= 4 is 40.0 Å². The first-order valence-corrected chi connectivity index (χ1v) is 8.44. The van der Waals surface area contributed by atoms with Crippen molar-refractivity contribution in [2.24, 2.45) is 0 Å². The number of carbonyl (C=O) groups is 1. The first kappa shape index (κ1) is 16.4. The molecule has 0 atom stereocenters. The number of fused-ring (bicyclic) bond motifs is 3. The number of carbonyl (C=O) groups excluding carboxylic acids is 1. The number of nitrogens with one attached hydrogen (secondary N) is 1. The predicted octanol–water partition coefficient (Wildman–Crippen LogP) is 3.25. The van der Waals surface area contributed by atoms with Crippen molar-refractivity contribution in [2.45, 2.75) is 13.5 Å². The number of benzene rings is 2. The highest BCUT2D eigenvalue weighted by Gasteiger charge is 2.14. The third kappa shape index (κ3) is 2.84. The van der Waals surface area contributed by atoms with E-state index in [2.05, 4.69) is 10.3 Å². The molecular formula is C19H15ClN4O2. The van der Waals surface area contributed by atoms with Crippen LogP contribution in [0.3, 0.4) is 0 Å². The second kappa shape index (κ2) is 6.31. The number of halogens is 1. The Balaban J connectivity index is 1.75. The molecule has 1 amide bonds. The lowest BCUT2D eigenvalue weighted by Crippen LogP contribution is -2.25. The Morgan fingerprint density at radius 3 is 2.65 bits per heavy atom. The zero-order valence-corrected chi connectivity index (χ0v) is 14.7. The Morgan fingerprint density at radius 1 is 1.15 bits per heavy atom. The van der Waals surface area contributed by atoms with Crippen LogP contribution in [-0.4, -0.2) is 19.9 Å². The lowest BCUT2D eigenvalue weighted by atomic mass is 10.3. The molecule has 4 aromatic rings. The minimum atomic E-state index is -0.215. The van der Waals surface area contributed by atoms with Crippen molar-refractivity contribution in [3.8, 4) is 0 Å². The van der Waals surface area contributed by atoms with E-state index < -0.39 is 0 Å². The van der Waals surface area contributed by atoms with Gasteiger partial charge in [0.1, 0.15) is 6.54 Å². The molecule has 0 aliphatic heterocycles. The number of para-hydroxylation sites is 2. The molecule has 0 bridgehead atoms. The molecular weight excluding hydrogens is 352 g/mol. The van der Waals surface area contributed by atoms with Gasteiger partial charge in [-0.15, -0.1) is 0 Å². The molecule has 2 aromatic carbocycles. The number of imidazole rings is 1. The number of aromatic nitrogens is 3. The molecule has 0 unspecified atom stereocenters. The SMILES string of the molecule is Cc1cc(=O)n2c3ccccc3nc2n1CC(=O)Nc1ccc(Cl)cc1. The summed E-state index contributed by atoms with van der Waals surface area (Å²) in [6.45, 7) is 1.83. The van der Waals surface area contributed by atoms with Crippen LogP contribution in [0, 0.1) is 6.92 Å². The van der Waals surface area contributed by atoms with Gasteiger partial charge in [0.05, 0.1) is 11.0 Å². The first-order chi connectivity index (χ1) is 12.5. The van der Waals surface area contributed by atoms with E-state index >= 15 is 0 Å². The maximum atomic E-state index is 12.5. The second-order valence-electron chi connectivity index (χ2n) is 6.00. The zero-order chi connectivity index (χ0) is 18.3. The summed E-state index contributed by atoms with van der Waals surface area (Å²) in [4.78, 5) is 29.5. The van der Waals surface area contributed by atoms with E-state index in [0.717, 1.165) is 5.52 Å². The van der Waals surface area contributed by atoms with Crippen LogP contribution in [-0.2, 0) is 11.3 Å². The maximum Gasteiger partial charge on any atom is 0.259 e. The zero-order valence-electron chi connectivity index (χ0n) is 13.9. The summed E-state index contributed by atoms with van der Waals surface area (Å²) in [6, 6.07) is 15.8. The molecule has 0 saturated heterocycles. The average Bonchev–Trinajstić information content (AvgIpc) is 3.00. The van der Waals surface area contributed by atoms with Crippen LogP contribution in [0.5, 0.6) is 0 Å². The number of anilines is 1. The number of rotatable bonds is 3. The van der Waals surface area contributed by atoms with E-state index in [1.807, 2.05) is 24.3 Å². The topological polar surface area (TPSA) is 68.4 Å². The van der Waals surface area contributed by atoms with Crippen LogP contribution in [0.25, 0.3) is 16.8 Å². The lowest BCUT2D eigenvalue weighted by molar-refractivity contribution is -0.116. The minimum Gasteiger partial charge on any atom is -0.325 e. The normalized spacial score (nSPS) is 11.2. The van der Waals surface area contributed by atoms with Crippen LogP contribution in [0.4, 0.5) is 5.69 Å². The summed E-state index contributed by atoms with van der Waals surface area (Å²) in [6.07, 6.45) is 0. The smallest absolute Gasteiger partial charge is 0.259 e. The van der Waals surface area contributed by atoms with Crippen molar-refractivity contribution in [1.29, 1.82) is 0 Å². The highest BCUT2D eigenvalue weighted by atomic mass is 35.5. The van der Waals surface area contributed by atoms with Crippen LogP contribution in [0.2, 0.25) is 5.02 Å². The molecule has 7 heteroatoms. The molecule has 0 spiro atoms. The summed E-state index contributed by atoms with van der Waals surface area (Å²) < 4.78 is 3.25. The molecule has 0 saturated carbocycles. The standard InChI is InChI=1S/C19H15ClN4O2/c1-12-10-18(26)24-16-5-3-2-4-15(16)22-19(24)23(12)11-17(25)21-14-8-6-13(20)7-9-14/h2-10H,11H2,1H3,(H,21,25). The van der Waals surface area contributed by atoms with Gasteiger partial charge in [0.15, 0.2) is 0 Å². The van der Waals surface area contributed by atoms with Crippen molar-refractivity contribution in [1.82, 2.24) is 14.0 Å². The van der Waals surface area contributed by atoms with Gasteiger partial charge in [-0.3, -0.25) is 9.59 Å². The maximum absolute atomic E-state index is 12.5. The number of amides is 1. The van der Waals surface area contributed by atoms with Crippen molar-refractivity contribution in [3.63, 3.8) is 0 Å². The van der Waals surface area contributed by atoms with E-state index in [0.29, 0.717) is 27.7 Å². The number of aryl methyl sites for hydroxylation is 1. The van der Waals surface area contributed by atoms with E-state index in [9.17, 15) is 9.59 Å². The van der Waals surface area contributed by atoms with E-state index in [1.165, 1.54) is 10.5 Å². The fraction of sp³-hybridized carbons (Fsp3) is 0.105.